The topological polar surface area (TPSA) is 46.3 Å². The van der Waals surface area contributed by atoms with Crippen molar-refractivity contribution in [1.29, 1.82) is 0 Å². The predicted molar refractivity (Wildman–Crippen MR) is 80.0 cm³/mol. The van der Waals surface area contributed by atoms with Gasteiger partial charge in [-0.05, 0) is 37.5 Å². The van der Waals surface area contributed by atoms with Crippen LogP contribution >= 0.6 is 11.6 Å². The van der Waals surface area contributed by atoms with Crippen LogP contribution in [0, 0.1) is 5.92 Å². The molecule has 0 saturated carbocycles. The largest absolute Gasteiger partial charge is 0.335 e. The molecule has 0 radical (unpaired) electrons. The molecule has 0 aliphatic carbocycles. The highest BCUT2D eigenvalue weighted by atomic mass is 35.5. The van der Waals surface area contributed by atoms with E-state index in [0.29, 0.717) is 11.6 Å². The molecule has 0 bridgehead atoms. The molecule has 0 fully saturated rings. The molecule has 19 heavy (non-hydrogen) atoms. The highest BCUT2D eigenvalue weighted by molar-refractivity contribution is 6.30. The van der Waals surface area contributed by atoms with Crippen molar-refractivity contribution in [1.82, 2.24) is 4.90 Å². The third-order valence-corrected chi connectivity index (χ3v) is 3.43. The summed E-state index contributed by atoms with van der Waals surface area (Å²) in [7, 11) is 0. The van der Waals surface area contributed by atoms with E-state index in [4.69, 9.17) is 17.3 Å². The lowest BCUT2D eigenvalue weighted by Gasteiger charge is -2.30. The van der Waals surface area contributed by atoms with Gasteiger partial charge in [-0.25, -0.2) is 0 Å². The molecule has 0 spiro atoms. The van der Waals surface area contributed by atoms with Gasteiger partial charge in [-0.1, -0.05) is 37.6 Å². The van der Waals surface area contributed by atoms with Crippen LogP contribution in [-0.4, -0.2) is 22.9 Å². The Bertz CT molecular complexity index is 415. The minimum Gasteiger partial charge on any atom is -0.335 e. The van der Waals surface area contributed by atoms with Crippen LogP contribution in [0.25, 0.3) is 0 Å². The van der Waals surface area contributed by atoms with Gasteiger partial charge in [0.15, 0.2) is 0 Å². The fourth-order valence-corrected chi connectivity index (χ4v) is 1.90. The number of nitrogens with zero attached hydrogens (tertiary/aromatic N) is 1. The zero-order valence-corrected chi connectivity index (χ0v) is 12.8. The fraction of sp³-hybridized carbons (Fsp3) is 0.533. The molecule has 0 aromatic heterocycles. The zero-order chi connectivity index (χ0) is 14.6. The first-order chi connectivity index (χ1) is 8.82. The number of hydrogen-bond donors (Lipinski definition) is 1. The van der Waals surface area contributed by atoms with E-state index in [1.165, 1.54) is 0 Å². The molecule has 0 saturated heterocycles. The lowest BCUT2D eigenvalue weighted by molar-refractivity contribution is -0.136. The van der Waals surface area contributed by atoms with E-state index in [2.05, 4.69) is 0 Å². The SMILES string of the molecule is CC(C)[C@H](N)C(=O)N(Cc1ccc(Cl)cc1)C(C)C. The van der Waals surface area contributed by atoms with Crippen LogP contribution in [0.3, 0.4) is 0 Å². The number of hydrogen-bond acceptors (Lipinski definition) is 2. The molecule has 1 amide bonds. The minimum atomic E-state index is -0.449. The van der Waals surface area contributed by atoms with Gasteiger partial charge in [0.1, 0.15) is 0 Å². The van der Waals surface area contributed by atoms with Gasteiger partial charge in [-0.3, -0.25) is 4.79 Å². The average molecular weight is 283 g/mol. The average Bonchev–Trinajstić information content (AvgIpc) is 2.35. The molecule has 2 N–H and O–H groups in total. The van der Waals surface area contributed by atoms with Crippen LogP contribution < -0.4 is 5.73 Å². The van der Waals surface area contributed by atoms with Crippen molar-refractivity contribution in [2.24, 2.45) is 11.7 Å². The lowest BCUT2D eigenvalue weighted by atomic mass is 10.0. The number of halogens is 1. The normalized spacial score (nSPS) is 12.8. The maximum absolute atomic E-state index is 12.4. The van der Waals surface area contributed by atoms with Gasteiger partial charge in [0.05, 0.1) is 6.04 Å². The van der Waals surface area contributed by atoms with Crippen molar-refractivity contribution >= 4 is 17.5 Å². The van der Waals surface area contributed by atoms with Crippen LogP contribution in [0.1, 0.15) is 33.3 Å². The van der Waals surface area contributed by atoms with Crippen LogP contribution in [-0.2, 0) is 11.3 Å². The van der Waals surface area contributed by atoms with Crippen LogP contribution in [0.15, 0.2) is 24.3 Å². The third kappa shape index (κ3) is 4.51. The van der Waals surface area contributed by atoms with E-state index in [-0.39, 0.29) is 17.9 Å². The zero-order valence-electron chi connectivity index (χ0n) is 12.1. The van der Waals surface area contributed by atoms with Gasteiger partial charge >= 0.3 is 0 Å². The Morgan fingerprint density at radius 3 is 2.16 bits per heavy atom. The smallest absolute Gasteiger partial charge is 0.240 e. The Morgan fingerprint density at radius 1 is 1.21 bits per heavy atom. The molecule has 0 unspecified atom stereocenters. The highest BCUT2D eigenvalue weighted by Crippen LogP contribution is 2.15. The molecule has 1 aromatic carbocycles. The highest BCUT2D eigenvalue weighted by Gasteiger charge is 2.25. The summed E-state index contributed by atoms with van der Waals surface area (Å²) >= 11 is 5.86. The Hall–Kier alpha value is -1.06. The maximum atomic E-state index is 12.4. The number of benzene rings is 1. The molecule has 1 aromatic rings. The second-order valence-corrected chi connectivity index (χ2v) is 5.89. The van der Waals surface area contributed by atoms with E-state index in [9.17, 15) is 4.79 Å². The molecule has 0 aliphatic rings. The van der Waals surface area contributed by atoms with Crippen molar-refractivity contribution in [3.63, 3.8) is 0 Å². The van der Waals surface area contributed by atoms with Crippen molar-refractivity contribution < 1.29 is 4.79 Å². The number of rotatable bonds is 5. The van der Waals surface area contributed by atoms with E-state index in [0.717, 1.165) is 5.56 Å². The Kier molecular flexibility index (Phi) is 5.83. The quantitative estimate of drug-likeness (QED) is 0.902. The maximum Gasteiger partial charge on any atom is 0.240 e. The van der Waals surface area contributed by atoms with Crippen molar-refractivity contribution in [2.45, 2.75) is 46.3 Å². The lowest BCUT2D eigenvalue weighted by Crippen LogP contribution is -2.48. The molecule has 3 nitrogen and oxygen atoms in total. The van der Waals surface area contributed by atoms with Gasteiger partial charge in [0.25, 0.3) is 0 Å². The summed E-state index contributed by atoms with van der Waals surface area (Å²) < 4.78 is 0. The Morgan fingerprint density at radius 2 is 1.74 bits per heavy atom. The molecule has 0 heterocycles. The van der Waals surface area contributed by atoms with Gasteiger partial charge < -0.3 is 10.6 Å². The Balaban J connectivity index is 2.84. The van der Waals surface area contributed by atoms with Gasteiger partial charge in [-0.2, -0.15) is 0 Å². The fourth-order valence-electron chi connectivity index (χ4n) is 1.78. The first-order valence-corrected chi connectivity index (χ1v) is 7.01. The first-order valence-electron chi connectivity index (χ1n) is 6.63. The molecular weight excluding hydrogens is 260 g/mol. The molecule has 106 valence electrons. The van der Waals surface area contributed by atoms with Gasteiger partial charge in [0, 0.05) is 17.6 Å². The number of amides is 1. The summed E-state index contributed by atoms with van der Waals surface area (Å²) in [6, 6.07) is 7.21. The second-order valence-electron chi connectivity index (χ2n) is 5.46. The van der Waals surface area contributed by atoms with Crippen molar-refractivity contribution in [3.8, 4) is 0 Å². The van der Waals surface area contributed by atoms with E-state index >= 15 is 0 Å². The van der Waals surface area contributed by atoms with Crippen molar-refractivity contribution in [3.05, 3.63) is 34.9 Å². The summed E-state index contributed by atoms with van der Waals surface area (Å²) in [5.41, 5.74) is 7.02. The van der Waals surface area contributed by atoms with Crippen molar-refractivity contribution in [2.75, 3.05) is 0 Å². The first kappa shape index (κ1) is 16.0. The minimum absolute atomic E-state index is 0.0000463. The third-order valence-electron chi connectivity index (χ3n) is 3.18. The Labute approximate surface area is 120 Å². The van der Waals surface area contributed by atoms with Gasteiger partial charge in [-0.15, -0.1) is 0 Å². The van der Waals surface area contributed by atoms with E-state index in [1.807, 2.05) is 56.9 Å². The van der Waals surface area contributed by atoms with E-state index < -0.39 is 6.04 Å². The van der Waals surface area contributed by atoms with Gasteiger partial charge in [0.2, 0.25) is 5.91 Å². The molecule has 1 atom stereocenters. The monoisotopic (exact) mass is 282 g/mol. The summed E-state index contributed by atoms with van der Waals surface area (Å²) in [5, 5.41) is 0.699. The predicted octanol–water partition coefficient (Wildman–Crippen LogP) is 3.06. The molecule has 1 rings (SSSR count). The standard InChI is InChI=1S/C15H23ClN2O/c1-10(2)14(17)15(19)18(11(3)4)9-12-5-7-13(16)8-6-12/h5-8,10-11,14H,9,17H2,1-4H3/t14-/m0/s1. The molecule has 4 heteroatoms. The number of carbonyl (C=O) groups excluding carboxylic acids is 1. The second kappa shape index (κ2) is 6.92. The molecular formula is C15H23ClN2O. The summed E-state index contributed by atoms with van der Waals surface area (Å²) in [4.78, 5) is 14.2. The number of carbonyl (C=O) groups is 1. The van der Waals surface area contributed by atoms with Crippen LogP contribution in [0.5, 0.6) is 0 Å². The summed E-state index contributed by atoms with van der Waals surface area (Å²) in [6.07, 6.45) is 0. The summed E-state index contributed by atoms with van der Waals surface area (Å²) in [5.74, 6) is 0.138. The van der Waals surface area contributed by atoms with Crippen LogP contribution in [0.2, 0.25) is 5.02 Å². The number of nitrogens with two attached hydrogens (primary N) is 1. The molecule has 0 aliphatic heterocycles. The van der Waals surface area contributed by atoms with E-state index in [1.54, 1.807) is 0 Å². The van der Waals surface area contributed by atoms with Crippen LogP contribution in [0.4, 0.5) is 0 Å². The summed E-state index contributed by atoms with van der Waals surface area (Å²) in [6.45, 7) is 8.49.